The Labute approximate surface area is 319 Å². The maximum atomic E-state index is 10.0. The molecule has 0 radical (unpaired) electrons. The van der Waals surface area contributed by atoms with Gasteiger partial charge in [0.1, 0.15) is 0 Å². The van der Waals surface area contributed by atoms with Crippen LogP contribution in [-0.4, -0.2) is 4.57 Å². The van der Waals surface area contributed by atoms with Gasteiger partial charge in [-0.2, -0.15) is 10.5 Å². The van der Waals surface area contributed by atoms with Crippen LogP contribution in [0.3, 0.4) is 0 Å². The normalized spacial score (nSPS) is 12.8. The van der Waals surface area contributed by atoms with Gasteiger partial charge in [-0.3, -0.25) is 0 Å². The summed E-state index contributed by atoms with van der Waals surface area (Å²) in [7, 11) is 0. The molecule has 0 unspecified atom stereocenters. The molecule has 8 aromatic carbocycles. The van der Waals surface area contributed by atoms with Crippen molar-refractivity contribution < 1.29 is 0 Å². The van der Waals surface area contributed by atoms with E-state index in [1.165, 1.54) is 33.0 Å². The minimum atomic E-state index is -0.595. The first-order chi connectivity index (χ1) is 27.2. The van der Waals surface area contributed by atoms with Gasteiger partial charge in [-0.1, -0.05) is 133 Å². The lowest BCUT2D eigenvalue weighted by Crippen LogP contribution is -2.37. The van der Waals surface area contributed by atoms with Crippen LogP contribution in [0.15, 0.2) is 194 Å². The van der Waals surface area contributed by atoms with Crippen molar-refractivity contribution in [3.8, 4) is 29.0 Å². The topological polar surface area (TPSA) is 55.8 Å². The Balaban J connectivity index is 1.31. The first-order valence-corrected chi connectivity index (χ1v) is 18.4. The number of rotatable bonds is 5. The smallest absolute Gasteiger partial charge is 0.0992 e. The summed E-state index contributed by atoms with van der Waals surface area (Å²) >= 11 is 0. The monoisotopic (exact) mass is 700 g/mol. The third-order valence-corrected chi connectivity index (χ3v) is 11.0. The second kappa shape index (κ2) is 12.8. The number of anilines is 3. The molecule has 0 fully saturated rings. The highest BCUT2D eigenvalue weighted by atomic mass is 15.2. The molecule has 2 heterocycles. The summed E-state index contributed by atoms with van der Waals surface area (Å²) in [5.41, 5.74) is 13.0. The van der Waals surface area contributed by atoms with E-state index < -0.39 is 5.41 Å². The number of hydrogen-bond acceptors (Lipinski definition) is 3. The molecular weight excluding hydrogens is 669 g/mol. The van der Waals surface area contributed by atoms with Crippen LogP contribution in [-0.2, 0) is 5.41 Å². The average molecular weight is 701 g/mol. The van der Waals surface area contributed by atoms with Gasteiger partial charge in [-0.05, 0) is 94.0 Å². The van der Waals surface area contributed by atoms with Gasteiger partial charge in [0.05, 0.1) is 51.1 Å². The maximum absolute atomic E-state index is 10.0. The third-order valence-electron chi connectivity index (χ3n) is 11.0. The summed E-state index contributed by atoms with van der Waals surface area (Å²) in [4.78, 5) is 2.38. The van der Waals surface area contributed by atoms with Crippen molar-refractivity contribution in [2.24, 2.45) is 0 Å². The highest BCUT2D eigenvalue weighted by Crippen LogP contribution is 2.58. The fraction of sp³-hybridized carbons (Fsp3) is 0.0196. The van der Waals surface area contributed by atoms with E-state index in [1.807, 2.05) is 12.1 Å². The Morgan fingerprint density at radius 2 is 0.836 bits per heavy atom. The first-order valence-electron chi connectivity index (χ1n) is 18.4. The lowest BCUT2D eigenvalue weighted by atomic mass is 9.62. The Bertz CT molecular complexity index is 2840. The number of benzene rings is 8. The van der Waals surface area contributed by atoms with Gasteiger partial charge >= 0.3 is 0 Å². The van der Waals surface area contributed by atoms with Crippen molar-refractivity contribution in [2.45, 2.75) is 5.41 Å². The molecule has 256 valence electrons. The van der Waals surface area contributed by atoms with Crippen LogP contribution >= 0.6 is 0 Å². The summed E-state index contributed by atoms with van der Waals surface area (Å²) in [6.07, 6.45) is 0. The van der Waals surface area contributed by atoms with Crippen molar-refractivity contribution >= 4 is 38.9 Å². The highest BCUT2D eigenvalue weighted by Gasteiger charge is 2.46. The molecule has 55 heavy (non-hydrogen) atoms. The molecule has 0 saturated heterocycles. The van der Waals surface area contributed by atoms with E-state index in [0.29, 0.717) is 11.1 Å². The molecule has 0 atom stereocenters. The van der Waals surface area contributed by atoms with Crippen LogP contribution in [0.2, 0.25) is 0 Å². The molecule has 0 aliphatic carbocycles. The minimum Gasteiger partial charge on any atom is -0.310 e. The molecule has 0 spiro atoms. The van der Waals surface area contributed by atoms with Crippen molar-refractivity contribution in [3.05, 3.63) is 228 Å². The molecule has 1 aliphatic heterocycles. The molecule has 0 amide bonds. The maximum Gasteiger partial charge on any atom is 0.0992 e. The number of fused-ring (bicyclic) bond motifs is 5. The van der Waals surface area contributed by atoms with Crippen molar-refractivity contribution in [3.63, 3.8) is 0 Å². The van der Waals surface area contributed by atoms with E-state index in [4.69, 9.17) is 0 Å². The molecule has 1 aliphatic rings. The van der Waals surface area contributed by atoms with Gasteiger partial charge in [0.25, 0.3) is 0 Å². The van der Waals surface area contributed by atoms with Gasteiger partial charge < -0.3 is 9.47 Å². The number of para-hydroxylation sites is 4. The molecule has 10 rings (SSSR count). The van der Waals surface area contributed by atoms with E-state index in [2.05, 4.69) is 198 Å². The van der Waals surface area contributed by atoms with Crippen LogP contribution < -0.4 is 4.90 Å². The van der Waals surface area contributed by atoms with Crippen molar-refractivity contribution in [2.75, 3.05) is 4.90 Å². The zero-order chi connectivity index (χ0) is 36.9. The quantitative estimate of drug-likeness (QED) is 0.180. The fourth-order valence-corrected chi connectivity index (χ4v) is 8.83. The molecule has 1 aromatic heterocycles. The fourth-order valence-electron chi connectivity index (χ4n) is 8.83. The SMILES string of the molecule is N#Cc1cc(C#N)cc(-c2cc(N3c4ccccc4C(c4ccccc4)(c4ccccc4)c4ccccc43)cc(-n3c4ccccc4c4ccccc43)c2)c1. The van der Waals surface area contributed by atoms with E-state index in [0.717, 1.165) is 44.9 Å². The van der Waals surface area contributed by atoms with Crippen LogP contribution in [0.4, 0.5) is 17.1 Å². The minimum absolute atomic E-state index is 0.446. The Kier molecular flexibility index (Phi) is 7.44. The van der Waals surface area contributed by atoms with Gasteiger partial charge in [-0.15, -0.1) is 0 Å². The van der Waals surface area contributed by atoms with Gasteiger partial charge in [0.15, 0.2) is 0 Å². The largest absolute Gasteiger partial charge is 0.310 e. The zero-order valence-corrected chi connectivity index (χ0v) is 29.8. The second-order valence-electron chi connectivity index (χ2n) is 14.0. The van der Waals surface area contributed by atoms with Crippen molar-refractivity contribution in [1.82, 2.24) is 4.57 Å². The summed E-state index contributed by atoms with van der Waals surface area (Å²) < 4.78 is 2.33. The summed E-state index contributed by atoms with van der Waals surface area (Å²) in [6, 6.07) is 72.8. The van der Waals surface area contributed by atoms with Gasteiger partial charge in [0, 0.05) is 22.1 Å². The number of hydrogen-bond donors (Lipinski definition) is 0. The number of aromatic nitrogens is 1. The molecule has 9 aromatic rings. The van der Waals surface area contributed by atoms with Crippen LogP contribution in [0.1, 0.15) is 33.4 Å². The van der Waals surface area contributed by atoms with E-state index in [9.17, 15) is 10.5 Å². The molecule has 4 heteroatoms. The zero-order valence-electron chi connectivity index (χ0n) is 29.8. The molecule has 0 N–H and O–H groups in total. The molecule has 4 nitrogen and oxygen atoms in total. The Morgan fingerprint density at radius 1 is 0.400 bits per heavy atom. The second-order valence-corrected chi connectivity index (χ2v) is 14.0. The van der Waals surface area contributed by atoms with Crippen LogP contribution in [0.5, 0.6) is 0 Å². The molecular formula is C51H32N4. The molecule has 0 bridgehead atoms. The standard InChI is InChI=1S/C51H32N4/c52-33-35-27-36(34-53)29-37(28-35)38-30-41(54-47-23-11-7-19-43(47)44-20-8-12-24-48(44)54)32-42(31-38)55-49-25-13-9-21-45(49)51(39-15-3-1-4-16-39,40-17-5-2-6-18-40)46-22-10-14-26-50(46)55/h1-32H. The molecule has 0 saturated carbocycles. The first kappa shape index (κ1) is 32.0. The summed E-state index contributed by atoms with van der Waals surface area (Å²) in [5, 5.41) is 22.4. The van der Waals surface area contributed by atoms with E-state index in [1.54, 1.807) is 6.07 Å². The summed E-state index contributed by atoms with van der Waals surface area (Å²) in [6.45, 7) is 0. The van der Waals surface area contributed by atoms with Crippen molar-refractivity contribution in [1.29, 1.82) is 10.5 Å². The Morgan fingerprint density at radius 3 is 1.36 bits per heavy atom. The summed E-state index contributed by atoms with van der Waals surface area (Å²) in [5.74, 6) is 0. The Hall–Kier alpha value is -7.66. The third kappa shape index (κ3) is 4.90. The lowest BCUT2D eigenvalue weighted by molar-refractivity contribution is 0.731. The predicted molar refractivity (Wildman–Crippen MR) is 222 cm³/mol. The number of nitriles is 2. The van der Waals surface area contributed by atoms with E-state index in [-0.39, 0.29) is 0 Å². The predicted octanol–water partition coefficient (Wildman–Crippen LogP) is 12.4. The number of nitrogens with zero attached hydrogens (tertiary/aromatic N) is 4. The van der Waals surface area contributed by atoms with Gasteiger partial charge in [0.2, 0.25) is 0 Å². The highest BCUT2D eigenvalue weighted by molar-refractivity contribution is 6.09. The van der Waals surface area contributed by atoms with Crippen LogP contribution in [0, 0.1) is 22.7 Å². The van der Waals surface area contributed by atoms with Gasteiger partial charge in [-0.25, -0.2) is 0 Å². The average Bonchev–Trinajstić information content (AvgIpc) is 3.60. The van der Waals surface area contributed by atoms with Crippen LogP contribution in [0.25, 0.3) is 38.6 Å². The van der Waals surface area contributed by atoms with E-state index >= 15 is 0 Å². The lowest BCUT2D eigenvalue weighted by Gasteiger charge is -2.46.